The molecule has 32 heavy (non-hydrogen) atoms. The molecule has 0 bridgehead atoms. The molecule has 11 heteroatoms. The molecule has 0 spiro atoms. The Hall–Kier alpha value is -1.85. The summed E-state index contributed by atoms with van der Waals surface area (Å²) in [5.74, 6) is -1.23. The van der Waals surface area contributed by atoms with Gasteiger partial charge in [-0.2, -0.15) is 0 Å². The third-order valence-electron chi connectivity index (χ3n) is 6.91. The zero-order chi connectivity index (χ0) is 22.7. The van der Waals surface area contributed by atoms with Gasteiger partial charge in [-0.3, -0.25) is 20.0 Å². The maximum absolute atomic E-state index is 13.3. The second-order valence-electron chi connectivity index (χ2n) is 9.00. The highest BCUT2D eigenvalue weighted by Crippen LogP contribution is 2.30. The first-order valence-corrected chi connectivity index (χ1v) is 11.8. The minimum absolute atomic E-state index is 0.0792. The number of aromatic nitrogens is 1. The van der Waals surface area contributed by atoms with Gasteiger partial charge in [-0.15, -0.1) is 16.5 Å². The standard InChI is InChI=1S/C21H33ClN8O2/c1-28-13-14(22)11-25-20(28)18(19(23)27-32)21(31)26-16-12-24-6-3-17(16)30-9-4-15(5-10-30)29-7-2-8-29/h3,6,12,14-15,18-20,25H,2,4-5,7-11,13,23H2,1H3,(H,26,31). The maximum Gasteiger partial charge on any atom is 0.234 e. The van der Waals surface area contributed by atoms with E-state index in [1.54, 1.807) is 12.4 Å². The van der Waals surface area contributed by atoms with Crippen molar-refractivity contribution in [3.8, 4) is 0 Å². The monoisotopic (exact) mass is 464 g/mol. The molecule has 3 saturated heterocycles. The topological polar surface area (TPSA) is 119 Å². The van der Waals surface area contributed by atoms with Gasteiger partial charge in [-0.25, -0.2) is 0 Å². The van der Waals surface area contributed by atoms with Crippen molar-refractivity contribution in [1.29, 1.82) is 0 Å². The number of hydrogen-bond acceptors (Lipinski definition) is 9. The molecule has 4 unspecified atom stereocenters. The van der Waals surface area contributed by atoms with E-state index < -0.39 is 18.2 Å². The van der Waals surface area contributed by atoms with Gasteiger partial charge in [0.1, 0.15) is 5.92 Å². The molecule has 3 aliphatic heterocycles. The van der Waals surface area contributed by atoms with Gasteiger partial charge in [-0.1, -0.05) is 5.18 Å². The second-order valence-corrected chi connectivity index (χ2v) is 9.62. The molecular formula is C21H33ClN8O2. The van der Waals surface area contributed by atoms with Crippen molar-refractivity contribution >= 4 is 28.9 Å². The number of hydrogen-bond donors (Lipinski definition) is 3. The van der Waals surface area contributed by atoms with Gasteiger partial charge >= 0.3 is 0 Å². The van der Waals surface area contributed by atoms with Crippen molar-refractivity contribution < 1.29 is 4.79 Å². The Labute approximate surface area is 193 Å². The lowest BCUT2D eigenvalue weighted by Crippen LogP contribution is -2.62. The summed E-state index contributed by atoms with van der Waals surface area (Å²) in [7, 11) is 1.85. The molecule has 1 aromatic rings. The van der Waals surface area contributed by atoms with Crippen LogP contribution in [0.3, 0.4) is 0 Å². The highest BCUT2D eigenvalue weighted by atomic mass is 35.5. The van der Waals surface area contributed by atoms with Crippen LogP contribution in [-0.4, -0.2) is 90.8 Å². The quantitative estimate of drug-likeness (QED) is 0.401. The summed E-state index contributed by atoms with van der Waals surface area (Å²) in [6.07, 6.45) is 5.28. The van der Waals surface area contributed by atoms with E-state index in [-0.39, 0.29) is 11.3 Å². The zero-order valence-corrected chi connectivity index (χ0v) is 19.2. The summed E-state index contributed by atoms with van der Waals surface area (Å²) in [6.45, 7) is 5.38. The number of nitroso groups, excluding NO2 is 1. The number of carbonyl (C=O) groups excluding carboxylic acids is 1. The molecule has 0 radical (unpaired) electrons. The number of nitrogens with zero attached hydrogens (tertiary/aromatic N) is 5. The Bertz CT molecular complexity index is 802. The van der Waals surface area contributed by atoms with Crippen LogP contribution in [0.4, 0.5) is 11.4 Å². The molecule has 10 nitrogen and oxygen atoms in total. The molecule has 0 saturated carbocycles. The molecule has 3 aliphatic rings. The van der Waals surface area contributed by atoms with Gasteiger partial charge in [-0.05, 0) is 45.5 Å². The predicted octanol–water partition coefficient (Wildman–Crippen LogP) is 0.831. The van der Waals surface area contributed by atoms with Gasteiger partial charge in [0.15, 0.2) is 6.17 Å². The number of carbonyl (C=O) groups is 1. The number of halogens is 1. The Kier molecular flexibility index (Phi) is 7.57. The van der Waals surface area contributed by atoms with Crippen molar-refractivity contribution in [2.45, 2.75) is 43.0 Å². The Morgan fingerprint density at radius 1 is 1.34 bits per heavy atom. The average Bonchev–Trinajstić information content (AvgIpc) is 2.75. The first-order chi connectivity index (χ1) is 15.5. The number of anilines is 2. The minimum Gasteiger partial charge on any atom is -0.370 e. The minimum atomic E-state index is -1.19. The van der Waals surface area contributed by atoms with Crippen LogP contribution in [0.2, 0.25) is 0 Å². The van der Waals surface area contributed by atoms with E-state index in [0.29, 0.717) is 24.8 Å². The van der Waals surface area contributed by atoms with E-state index in [9.17, 15) is 9.70 Å². The van der Waals surface area contributed by atoms with E-state index in [1.165, 1.54) is 19.5 Å². The maximum atomic E-state index is 13.3. The molecule has 1 amide bonds. The van der Waals surface area contributed by atoms with Gasteiger partial charge in [0.25, 0.3) is 0 Å². The summed E-state index contributed by atoms with van der Waals surface area (Å²) < 4.78 is 0. The molecule has 0 aliphatic carbocycles. The van der Waals surface area contributed by atoms with Crippen LogP contribution < -0.4 is 21.3 Å². The molecule has 4 atom stereocenters. The van der Waals surface area contributed by atoms with E-state index in [1.807, 2.05) is 18.0 Å². The van der Waals surface area contributed by atoms with Crippen LogP contribution in [0, 0.1) is 10.8 Å². The number of nitrogens with two attached hydrogens (primary N) is 1. The fourth-order valence-electron chi connectivity index (χ4n) is 5.00. The fourth-order valence-corrected chi connectivity index (χ4v) is 5.31. The second kappa shape index (κ2) is 10.4. The number of pyridine rings is 1. The Morgan fingerprint density at radius 3 is 2.72 bits per heavy atom. The molecule has 4 rings (SSSR count). The van der Waals surface area contributed by atoms with E-state index in [4.69, 9.17) is 17.3 Å². The summed E-state index contributed by atoms with van der Waals surface area (Å²) in [5.41, 5.74) is 7.53. The van der Waals surface area contributed by atoms with Crippen LogP contribution in [0.1, 0.15) is 19.3 Å². The van der Waals surface area contributed by atoms with Crippen LogP contribution in [0.25, 0.3) is 0 Å². The van der Waals surface area contributed by atoms with Crippen LogP contribution in [0.15, 0.2) is 23.6 Å². The SMILES string of the molecule is CN1CC(Cl)CNC1C(C(=O)Nc1cnccc1N1CCC(N2CCC2)CC1)C(N)N=O. The lowest BCUT2D eigenvalue weighted by atomic mass is 9.98. The number of piperidine rings is 1. The van der Waals surface area contributed by atoms with Gasteiger partial charge < -0.3 is 20.9 Å². The Balaban J connectivity index is 1.46. The number of rotatable bonds is 7. The lowest BCUT2D eigenvalue weighted by molar-refractivity contribution is -0.123. The highest BCUT2D eigenvalue weighted by molar-refractivity contribution is 6.21. The lowest BCUT2D eigenvalue weighted by Gasteiger charge is -2.43. The van der Waals surface area contributed by atoms with Crippen molar-refractivity contribution in [2.24, 2.45) is 16.8 Å². The molecular weight excluding hydrogens is 432 g/mol. The van der Waals surface area contributed by atoms with Crippen LogP contribution in [-0.2, 0) is 4.79 Å². The summed E-state index contributed by atoms with van der Waals surface area (Å²) >= 11 is 6.22. The number of alkyl halides is 1. The van der Waals surface area contributed by atoms with Crippen molar-refractivity contribution in [3.05, 3.63) is 23.4 Å². The third kappa shape index (κ3) is 5.04. The average molecular weight is 465 g/mol. The van der Waals surface area contributed by atoms with Crippen LogP contribution in [0.5, 0.6) is 0 Å². The predicted molar refractivity (Wildman–Crippen MR) is 126 cm³/mol. The van der Waals surface area contributed by atoms with Gasteiger partial charge in [0.05, 0.1) is 29.1 Å². The molecule has 4 heterocycles. The first kappa shape index (κ1) is 23.3. The fraction of sp³-hybridized carbons (Fsp3) is 0.714. The zero-order valence-electron chi connectivity index (χ0n) is 18.5. The summed E-state index contributed by atoms with van der Waals surface area (Å²) in [6, 6.07) is 2.58. The van der Waals surface area contributed by atoms with Crippen molar-refractivity contribution in [3.63, 3.8) is 0 Å². The summed E-state index contributed by atoms with van der Waals surface area (Å²) in [5, 5.41) is 9.09. The molecule has 1 aromatic heterocycles. The molecule has 176 valence electrons. The highest BCUT2D eigenvalue weighted by Gasteiger charge is 2.40. The summed E-state index contributed by atoms with van der Waals surface area (Å²) in [4.78, 5) is 35.6. The smallest absolute Gasteiger partial charge is 0.234 e. The van der Waals surface area contributed by atoms with E-state index in [2.05, 4.69) is 30.6 Å². The van der Waals surface area contributed by atoms with Gasteiger partial charge in [0, 0.05) is 38.4 Å². The number of nitrogens with one attached hydrogen (secondary N) is 2. The molecule has 4 N–H and O–H groups in total. The van der Waals surface area contributed by atoms with Crippen LogP contribution >= 0.6 is 11.6 Å². The molecule has 0 aromatic carbocycles. The Morgan fingerprint density at radius 2 is 2.09 bits per heavy atom. The largest absolute Gasteiger partial charge is 0.370 e. The third-order valence-corrected chi connectivity index (χ3v) is 7.20. The molecule has 3 fully saturated rings. The first-order valence-electron chi connectivity index (χ1n) is 11.4. The normalized spacial score (nSPS) is 27.4. The van der Waals surface area contributed by atoms with Crippen molar-refractivity contribution in [1.82, 2.24) is 20.1 Å². The van der Waals surface area contributed by atoms with E-state index in [0.717, 1.165) is 31.6 Å². The van der Waals surface area contributed by atoms with Gasteiger partial charge in [0.2, 0.25) is 5.91 Å². The van der Waals surface area contributed by atoms with Crippen molar-refractivity contribution in [2.75, 3.05) is 56.5 Å². The number of likely N-dealkylation sites (tertiary alicyclic amines) is 1. The number of amides is 1. The van der Waals surface area contributed by atoms with E-state index >= 15 is 0 Å².